The van der Waals surface area contributed by atoms with Gasteiger partial charge in [0.15, 0.2) is 15.8 Å². The van der Waals surface area contributed by atoms with Crippen LogP contribution in [0.15, 0.2) is 35.2 Å². The number of hydrogen-bond acceptors (Lipinski definition) is 5. The van der Waals surface area contributed by atoms with Crippen molar-refractivity contribution in [1.82, 2.24) is 4.31 Å². The predicted octanol–water partition coefficient (Wildman–Crippen LogP) is 0.0798. The van der Waals surface area contributed by atoms with E-state index in [1.807, 2.05) is 0 Å². The van der Waals surface area contributed by atoms with E-state index in [9.17, 15) is 16.8 Å². The van der Waals surface area contributed by atoms with Gasteiger partial charge in [-0.1, -0.05) is 18.2 Å². The number of ether oxygens (including phenoxy) is 1. The highest BCUT2D eigenvalue weighted by Gasteiger charge is 2.28. The fraction of sp³-hybridized carbons (Fsp3) is 0.455. The molecule has 106 valence electrons. The summed E-state index contributed by atoms with van der Waals surface area (Å²) in [6.45, 7) is 0.459. The third kappa shape index (κ3) is 3.53. The standard InChI is InChI=1S/C11H15NO5S2/c13-18(14,11-4-2-1-3-5-11)9-7-12-6-8-17-10-19(12,15)16/h1-5H,6-10H2. The smallest absolute Gasteiger partial charge is 0.238 e. The molecule has 1 aromatic rings. The Labute approximate surface area is 113 Å². The molecular weight excluding hydrogens is 290 g/mol. The van der Waals surface area contributed by atoms with E-state index in [2.05, 4.69) is 0 Å². The van der Waals surface area contributed by atoms with Gasteiger partial charge >= 0.3 is 0 Å². The van der Waals surface area contributed by atoms with E-state index in [-0.39, 0.29) is 29.7 Å². The van der Waals surface area contributed by atoms with E-state index in [1.165, 1.54) is 12.1 Å². The van der Waals surface area contributed by atoms with Crippen LogP contribution >= 0.6 is 0 Å². The maximum atomic E-state index is 12.0. The molecule has 8 heteroatoms. The maximum Gasteiger partial charge on any atom is 0.238 e. The van der Waals surface area contributed by atoms with Gasteiger partial charge in [-0.15, -0.1) is 0 Å². The highest BCUT2D eigenvalue weighted by Crippen LogP contribution is 2.13. The zero-order chi connectivity index (χ0) is 13.9. The summed E-state index contributed by atoms with van der Waals surface area (Å²) in [6.07, 6.45) is 0. The van der Waals surface area contributed by atoms with Crippen LogP contribution in [0.1, 0.15) is 0 Å². The number of hydrogen-bond donors (Lipinski definition) is 0. The van der Waals surface area contributed by atoms with Crippen LogP contribution in [-0.4, -0.2) is 52.5 Å². The fourth-order valence-electron chi connectivity index (χ4n) is 1.76. The Kier molecular flexibility index (Phi) is 4.24. The molecule has 0 saturated carbocycles. The SMILES string of the molecule is O=S(=O)(CCN1CCOCS1(=O)=O)c1ccccc1. The van der Waals surface area contributed by atoms with Crippen LogP contribution < -0.4 is 0 Å². The lowest BCUT2D eigenvalue weighted by Crippen LogP contribution is -2.43. The molecule has 0 aromatic heterocycles. The van der Waals surface area contributed by atoms with E-state index >= 15 is 0 Å². The Morgan fingerprint density at radius 3 is 2.53 bits per heavy atom. The number of nitrogens with zero attached hydrogens (tertiary/aromatic N) is 1. The fourth-order valence-corrected chi connectivity index (χ4v) is 4.35. The predicted molar refractivity (Wildman–Crippen MR) is 69.8 cm³/mol. The molecule has 0 N–H and O–H groups in total. The second kappa shape index (κ2) is 5.58. The molecule has 6 nitrogen and oxygen atoms in total. The van der Waals surface area contributed by atoms with Gasteiger partial charge in [0.05, 0.1) is 17.3 Å². The summed E-state index contributed by atoms with van der Waals surface area (Å²) in [5.41, 5.74) is 0. The normalized spacial score (nSPS) is 20.2. The Morgan fingerprint density at radius 1 is 1.21 bits per heavy atom. The van der Waals surface area contributed by atoms with Gasteiger partial charge in [-0.2, -0.15) is 4.31 Å². The molecular formula is C11H15NO5S2. The number of sulfone groups is 1. The molecule has 0 radical (unpaired) electrons. The van der Waals surface area contributed by atoms with Crippen molar-refractivity contribution in [2.24, 2.45) is 0 Å². The van der Waals surface area contributed by atoms with Gasteiger partial charge in [0.1, 0.15) is 0 Å². The van der Waals surface area contributed by atoms with Crippen molar-refractivity contribution in [3.05, 3.63) is 30.3 Å². The minimum atomic E-state index is -3.48. The number of benzene rings is 1. The molecule has 0 amide bonds. The first-order valence-corrected chi connectivity index (χ1v) is 9.01. The monoisotopic (exact) mass is 305 g/mol. The van der Waals surface area contributed by atoms with Crippen molar-refractivity contribution in [1.29, 1.82) is 0 Å². The first-order chi connectivity index (χ1) is 8.92. The van der Waals surface area contributed by atoms with Crippen molar-refractivity contribution in [2.75, 3.05) is 31.4 Å². The van der Waals surface area contributed by atoms with Crippen LogP contribution in [0.4, 0.5) is 0 Å². The molecule has 1 aliphatic rings. The van der Waals surface area contributed by atoms with Crippen molar-refractivity contribution in [2.45, 2.75) is 4.90 Å². The second-order valence-electron chi connectivity index (χ2n) is 4.17. The van der Waals surface area contributed by atoms with Crippen LogP contribution in [0.5, 0.6) is 0 Å². The molecule has 0 atom stereocenters. The summed E-state index contributed by atoms with van der Waals surface area (Å²) in [6, 6.07) is 8.01. The van der Waals surface area contributed by atoms with Crippen LogP contribution in [0.2, 0.25) is 0 Å². The van der Waals surface area contributed by atoms with Gasteiger partial charge in [0.25, 0.3) is 0 Å². The Balaban J connectivity index is 2.06. The molecule has 0 unspecified atom stereocenters. The Bertz CT molecular complexity index is 624. The van der Waals surface area contributed by atoms with Gasteiger partial charge in [-0.05, 0) is 12.1 Å². The van der Waals surface area contributed by atoms with E-state index < -0.39 is 19.9 Å². The average Bonchev–Trinajstić information content (AvgIpc) is 2.38. The lowest BCUT2D eigenvalue weighted by atomic mass is 10.4. The highest BCUT2D eigenvalue weighted by atomic mass is 32.2. The van der Waals surface area contributed by atoms with Crippen molar-refractivity contribution in [3.63, 3.8) is 0 Å². The minimum absolute atomic E-state index is 0.0388. The Hall–Kier alpha value is -0.960. The molecule has 2 rings (SSSR count). The third-order valence-electron chi connectivity index (χ3n) is 2.82. The second-order valence-corrected chi connectivity index (χ2v) is 8.19. The van der Waals surface area contributed by atoms with Crippen molar-refractivity contribution >= 4 is 19.9 Å². The quantitative estimate of drug-likeness (QED) is 0.787. The molecule has 1 saturated heterocycles. The summed E-state index contributed by atoms with van der Waals surface area (Å²) < 4.78 is 53.4. The largest absolute Gasteiger partial charge is 0.363 e. The van der Waals surface area contributed by atoms with Crippen LogP contribution in [0.3, 0.4) is 0 Å². The molecule has 19 heavy (non-hydrogen) atoms. The summed E-state index contributed by atoms with van der Waals surface area (Å²) in [5.74, 6) is -0.603. The molecule has 0 aliphatic carbocycles. The van der Waals surface area contributed by atoms with Crippen LogP contribution in [0, 0.1) is 0 Å². The molecule has 1 aliphatic heterocycles. The van der Waals surface area contributed by atoms with Gasteiger partial charge in [0, 0.05) is 13.1 Å². The molecule has 1 heterocycles. The van der Waals surface area contributed by atoms with Crippen LogP contribution in [0.25, 0.3) is 0 Å². The zero-order valence-electron chi connectivity index (χ0n) is 10.2. The first-order valence-electron chi connectivity index (χ1n) is 5.75. The molecule has 0 bridgehead atoms. The lowest BCUT2D eigenvalue weighted by Gasteiger charge is -2.26. The van der Waals surface area contributed by atoms with Crippen molar-refractivity contribution in [3.8, 4) is 0 Å². The summed E-state index contributed by atoms with van der Waals surface area (Å²) in [4.78, 5) is 0.209. The Morgan fingerprint density at radius 2 is 1.89 bits per heavy atom. The molecule has 1 fully saturated rings. The number of sulfonamides is 1. The van der Waals surface area contributed by atoms with E-state index in [0.29, 0.717) is 6.61 Å². The minimum Gasteiger partial charge on any atom is -0.363 e. The number of rotatable bonds is 4. The van der Waals surface area contributed by atoms with Gasteiger partial charge in [-0.25, -0.2) is 16.8 Å². The molecule has 1 aromatic carbocycles. The van der Waals surface area contributed by atoms with E-state index in [1.54, 1.807) is 18.2 Å². The summed E-state index contributed by atoms with van der Waals surface area (Å²) in [7, 11) is -6.94. The van der Waals surface area contributed by atoms with Gasteiger partial charge in [-0.3, -0.25) is 0 Å². The first kappa shape index (κ1) is 14.4. The van der Waals surface area contributed by atoms with Crippen molar-refractivity contribution < 1.29 is 21.6 Å². The van der Waals surface area contributed by atoms with Gasteiger partial charge < -0.3 is 4.74 Å². The third-order valence-corrected chi connectivity index (χ3v) is 6.15. The zero-order valence-corrected chi connectivity index (χ0v) is 11.9. The van der Waals surface area contributed by atoms with Crippen LogP contribution in [-0.2, 0) is 24.6 Å². The van der Waals surface area contributed by atoms with Gasteiger partial charge in [0.2, 0.25) is 10.0 Å². The summed E-state index contributed by atoms with van der Waals surface area (Å²) in [5, 5.41) is 0. The average molecular weight is 305 g/mol. The lowest BCUT2D eigenvalue weighted by molar-refractivity contribution is 0.134. The summed E-state index contributed by atoms with van der Waals surface area (Å²) >= 11 is 0. The van der Waals surface area contributed by atoms with E-state index in [0.717, 1.165) is 4.31 Å². The van der Waals surface area contributed by atoms with E-state index in [4.69, 9.17) is 4.74 Å². The maximum absolute atomic E-state index is 12.0. The molecule has 0 spiro atoms. The highest BCUT2D eigenvalue weighted by molar-refractivity contribution is 7.91. The topological polar surface area (TPSA) is 80.8 Å².